The first-order valence-corrected chi connectivity index (χ1v) is 5.10. The molecule has 0 fully saturated rings. The average molecular weight is 253 g/mol. The summed E-state index contributed by atoms with van der Waals surface area (Å²) in [6.45, 7) is 1.58. The van der Waals surface area contributed by atoms with E-state index in [2.05, 4.69) is 5.32 Å². The lowest BCUT2D eigenvalue weighted by molar-refractivity contribution is -0.115. The average Bonchev–Trinajstić information content (AvgIpc) is 2.12. The van der Waals surface area contributed by atoms with E-state index in [0.717, 1.165) is 0 Å². The van der Waals surface area contributed by atoms with Gasteiger partial charge in [0.25, 0.3) is 0 Å². The second-order valence-electron chi connectivity index (χ2n) is 2.71. The maximum Gasteiger partial charge on any atom is 0.242 e. The molecule has 0 radical (unpaired) electrons. The number of carbonyl (C=O) groups is 1. The van der Waals surface area contributed by atoms with Gasteiger partial charge < -0.3 is 5.32 Å². The van der Waals surface area contributed by atoms with Gasteiger partial charge in [-0.05, 0) is 19.1 Å². The van der Waals surface area contributed by atoms with Gasteiger partial charge in [0.2, 0.25) is 5.91 Å². The van der Waals surface area contributed by atoms with Crippen LogP contribution in [0.4, 0.5) is 5.69 Å². The number of benzene rings is 1. The lowest BCUT2D eigenvalue weighted by Crippen LogP contribution is -2.20. The molecule has 0 aliphatic carbocycles. The Morgan fingerprint density at radius 2 is 2.07 bits per heavy atom. The SMILES string of the molecule is CC(Cl)C(=O)Nc1cccc(Cl)c1Cl. The summed E-state index contributed by atoms with van der Waals surface area (Å²) in [5.74, 6) is -0.309. The number of halogens is 3. The van der Waals surface area contributed by atoms with Gasteiger partial charge in [-0.1, -0.05) is 29.3 Å². The van der Waals surface area contributed by atoms with Gasteiger partial charge in [0.1, 0.15) is 5.38 Å². The predicted octanol–water partition coefficient (Wildman–Crippen LogP) is 3.56. The van der Waals surface area contributed by atoms with Crippen molar-refractivity contribution in [3.63, 3.8) is 0 Å². The Balaban J connectivity index is 2.87. The summed E-state index contributed by atoms with van der Waals surface area (Å²) in [5.41, 5.74) is 0.469. The molecular weight excluding hydrogens is 244 g/mol. The van der Waals surface area contributed by atoms with Crippen LogP contribution in [-0.4, -0.2) is 11.3 Å². The van der Waals surface area contributed by atoms with E-state index in [1.165, 1.54) is 0 Å². The van der Waals surface area contributed by atoms with Crippen molar-refractivity contribution in [3.8, 4) is 0 Å². The summed E-state index contributed by atoms with van der Waals surface area (Å²) >= 11 is 17.2. The highest BCUT2D eigenvalue weighted by Crippen LogP contribution is 2.29. The number of rotatable bonds is 2. The second kappa shape index (κ2) is 4.87. The van der Waals surface area contributed by atoms with Crippen molar-refractivity contribution < 1.29 is 4.79 Å². The molecule has 0 heterocycles. The number of anilines is 1. The summed E-state index contributed by atoms with van der Waals surface area (Å²) in [6.07, 6.45) is 0. The van der Waals surface area contributed by atoms with Crippen LogP contribution in [0.1, 0.15) is 6.92 Å². The van der Waals surface area contributed by atoms with Gasteiger partial charge in [-0.3, -0.25) is 4.79 Å². The van der Waals surface area contributed by atoms with Crippen LogP contribution in [0.5, 0.6) is 0 Å². The molecule has 1 aromatic carbocycles. The second-order valence-corrected chi connectivity index (χ2v) is 4.15. The van der Waals surface area contributed by atoms with Crippen molar-refractivity contribution in [2.45, 2.75) is 12.3 Å². The Morgan fingerprint density at radius 3 is 2.64 bits per heavy atom. The maximum absolute atomic E-state index is 11.2. The van der Waals surface area contributed by atoms with Crippen LogP contribution in [-0.2, 0) is 4.79 Å². The number of amides is 1. The predicted molar refractivity (Wildman–Crippen MR) is 60.4 cm³/mol. The maximum atomic E-state index is 11.2. The van der Waals surface area contributed by atoms with Crippen LogP contribution in [0.2, 0.25) is 10.0 Å². The highest BCUT2D eigenvalue weighted by Gasteiger charge is 2.11. The first-order chi connectivity index (χ1) is 6.52. The van der Waals surface area contributed by atoms with Crippen LogP contribution in [0.25, 0.3) is 0 Å². The van der Waals surface area contributed by atoms with E-state index in [1.807, 2.05) is 0 Å². The van der Waals surface area contributed by atoms with E-state index in [4.69, 9.17) is 34.8 Å². The van der Waals surface area contributed by atoms with Gasteiger partial charge >= 0.3 is 0 Å². The lowest BCUT2D eigenvalue weighted by Gasteiger charge is -2.08. The molecule has 0 bridgehead atoms. The Morgan fingerprint density at radius 1 is 1.43 bits per heavy atom. The topological polar surface area (TPSA) is 29.1 Å². The highest BCUT2D eigenvalue weighted by molar-refractivity contribution is 6.44. The Labute approximate surface area is 97.1 Å². The zero-order chi connectivity index (χ0) is 10.7. The van der Waals surface area contributed by atoms with Crippen molar-refractivity contribution in [1.82, 2.24) is 0 Å². The monoisotopic (exact) mass is 251 g/mol. The number of alkyl halides is 1. The van der Waals surface area contributed by atoms with Gasteiger partial charge in [-0.25, -0.2) is 0 Å². The minimum Gasteiger partial charge on any atom is -0.323 e. The first kappa shape index (κ1) is 11.6. The molecule has 1 unspecified atom stereocenters. The minimum absolute atomic E-state index is 0.309. The fourth-order valence-electron chi connectivity index (χ4n) is 0.833. The molecular formula is C9H8Cl3NO. The lowest BCUT2D eigenvalue weighted by atomic mass is 10.3. The van der Waals surface area contributed by atoms with Crippen LogP contribution in [0.15, 0.2) is 18.2 Å². The number of hydrogen-bond donors (Lipinski definition) is 1. The van der Waals surface area contributed by atoms with Gasteiger partial charge in [0.15, 0.2) is 0 Å². The highest BCUT2D eigenvalue weighted by atomic mass is 35.5. The number of nitrogens with one attached hydrogen (secondary N) is 1. The normalized spacial score (nSPS) is 12.3. The molecule has 0 saturated heterocycles. The van der Waals surface area contributed by atoms with Gasteiger partial charge in [-0.15, -0.1) is 11.6 Å². The third-order valence-electron chi connectivity index (χ3n) is 1.57. The van der Waals surface area contributed by atoms with E-state index in [-0.39, 0.29) is 5.91 Å². The van der Waals surface area contributed by atoms with E-state index < -0.39 is 5.38 Å². The van der Waals surface area contributed by atoms with Crippen molar-refractivity contribution in [2.24, 2.45) is 0 Å². The molecule has 1 atom stereocenters. The first-order valence-electron chi connectivity index (χ1n) is 3.91. The molecule has 1 aromatic rings. The van der Waals surface area contributed by atoms with Gasteiger partial charge in [-0.2, -0.15) is 0 Å². The Hall–Kier alpha value is -0.440. The summed E-state index contributed by atoms with van der Waals surface area (Å²) < 4.78 is 0. The molecule has 5 heteroatoms. The fourth-order valence-corrected chi connectivity index (χ4v) is 1.23. The minimum atomic E-state index is -0.606. The van der Waals surface area contributed by atoms with Crippen LogP contribution < -0.4 is 5.32 Å². The molecule has 2 nitrogen and oxygen atoms in total. The Bertz CT molecular complexity index is 352. The summed E-state index contributed by atoms with van der Waals surface area (Å²) in [6, 6.07) is 5.00. The third-order valence-corrected chi connectivity index (χ3v) is 2.59. The molecule has 0 spiro atoms. The smallest absolute Gasteiger partial charge is 0.242 e. The Kier molecular flexibility index (Phi) is 4.05. The third kappa shape index (κ3) is 2.77. The molecule has 0 aliphatic heterocycles. The van der Waals surface area contributed by atoms with Crippen molar-refractivity contribution in [3.05, 3.63) is 28.2 Å². The van der Waals surface area contributed by atoms with E-state index in [9.17, 15) is 4.79 Å². The molecule has 1 amide bonds. The largest absolute Gasteiger partial charge is 0.323 e. The van der Waals surface area contributed by atoms with Gasteiger partial charge in [0, 0.05) is 0 Å². The van der Waals surface area contributed by atoms with Crippen molar-refractivity contribution in [1.29, 1.82) is 0 Å². The van der Waals surface area contributed by atoms with Crippen molar-refractivity contribution in [2.75, 3.05) is 5.32 Å². The zero-order valence-corrected chi connectivity index (χ0v) is 9.62. The number of hydrogen-bond acceptors (Lipinski definition) is 1. The van der Waals surface area contributed by atoms with Crippen LogP contribution in [0, 0.1) is 0 Å². The van der Waals surface area contributed by atoms with E-state index in [0.29, 0.717) is 15.7 Å². The van der Waals surface area contributed by atoms with Crippen LogP contribution in [0.3, 0.4) is 0 Å². The van der Waals surface area contributed by atoms with Crippen molar-refractivity contribution >= 4 is 46.4 Å². The molecule has 14 heavy (non-hydrogen) atoms. The molecule has 76 valence electrons. The summed E-state index contributed by atoms with van der Waals surface area (Å²) in [4.78, 5) is 11.2. The number of carbonyl (C=O) groups excluding carboxylic acids is 1. The molecule has 0 aliphatic rings. The molecule has 1 rings (SSSR count). The summed E-state index contributed by atoms with van der Waals surface area (Å²) in [5, 5.41) is 2.67. The summed E-state index contributed by atoms with van der Waals surface area (Å²) in [7, 11) is 0. The standard InChI is InChI=1S/C9H8Cl3NO/c1-5(10)9(14)13-7-4-2-3-6(11)8(7)12/h2-5H,1H3,(H,13,14). The van der Waals surface area contributed by atoms with E-state index >= 15 is 0 Å². The van der Waals surface area contributed by atoms with E-state index in [1.54, 1.807) is 25.1 Å². The molecule has 1 N–H and O–H groups in total. The zero-order valence-electron chi connectivity index (χ0n) is 7.35. The van der Waals surface area contributed by atoms with Gasteiger partial charge in [0.05, 0.1) is 15.7 Å². The molecule has 0 saturated carbocycles. The quantitative estimate of drug-likeness (QED) is 0.801. The molecule has 0 aromatic heterocycles. The van der Waals surface area contributed by atoms with Crippen LogP contribution >= 0.6 is 34.8 Å². The fraction of sp³-hybridized carbons (Fsp3) is 0.222.